The maximum Gasteiger partial charge on any atom is 0.243 e. The lowest BCUT2D eigenvalue weighted by Gasteiger charge is -2.30. The van der Waals surface area contributed by atoms with Gasteiger partial charge in [-0.25, -0.2) is 8.42 Å². The topological polar surface area (TPSA) is 91.6 Å². The summed E-state index contributed by atoms with van der Waals surface area (Å²) < 4.78 is 29.9. The first-order chi connectivity index (χ1) is 13.2. The molecule has 1 fully saturated rings. The fraction of sp³-hybridized carbons (Fsp3) is 0.450. The molecule has 1 aromatic heterocycles. The van der Waals surface area contributed by atoms with Crippen LogP contribution >= 0.6 is 0 Å². The summed E-state index contributed by atoms with van der Waals surface area (Å²) >= 11 is 0. The maximum atomic E-state index is 13.2. The molecule has 2 aromatic rings. The number of aliphatic hydroxyl groups is 1. The van der Waals surface area contributed by atoms with Crippen LogP contribution in [0.1, 0.15) is 37.1 Å². The number of nitrogens with zero attached hydrogens (tertiary/aromatic N) is 2. The molecule has 1 amide bonds. The molecule has 1 aliphatic rings. The van der Waals surface area contributed by atoms with Crippen molar-refractivity contribution in [3.05, 3.63) is 53.9 Å². The Kier molecular flexibility index (Phi) is 5.92. The summed E-state index contributed by atoms with van der Waals surface area (Å²) in [5.41, 5.74) is 1.93. The lowest BCUT2D eigenvalue weighted by Crippen LogP contribution is -2.53. The Morgan fingerprint density at radius 2 is 1.93 bits per heavy atom. The van der Waals surface area contributed by atoms with Crippen LogP contribution in [0.3, 0.4) is 0 Å². The van der Waals surface area contributed by atoms with E-state index in [0.29, 0.717) is 6.54 Å². The Morgan fingerprint density at radius 1 is 1.25 bits per heavy atom. The standard InChI is InChI=1S/C20H27N3O4S/c1-14-8-10-16(11-9-14)28(26,27)21-19(15(2)24)20(25)23-13-5-7-18(23)17-6-4-12-22(17)3/h4,6,8-12,15,18-19,21,24H,5,7,13H2,1-3H3. The zero-order valence-corrected chi connectivity index (χ0v) is 17.2. The number of hydrogen-bond donors (Lipinski definition) is 2. The lowest BCUT2D eigenvalue weighted by atomic mass is 10.1. The van der Waals surface area contributed by atoms with Crippen LogP contribution < -0.4 is 4.72 Å². The summed E-state index contributed by atoms with van der Waals surface area (Å²) in [4.78, 5) is 14.9. The van der Waals surface area contributed by atoms with Gasteiger partial charge in [0.15, 0.2) is 0 Å². The average molecular weight is 406 g/mol. The van der Waals surface area contributed by atoms with Crippen LogP contribution in [-0.2, 0) is 21.9 Å². The summed E-state index contributed by atoms with van der Waals surface area (Å²) in [6, 6.07) is 8.88. The van der Waals surface area contributed by atoms with E-state index in [2.05, 4.69) is 4.72 Å². The minimum atomic E-state index is -3.94. The number of likely N-dealkylation sites (tertiary alicyclic amines) is 1. The monoisotopic (exact) mass is 405 g/mol. The fourth-order valence-corrected chi connectivity index (χ4v) is 4.91. The molecule has 1 aromatic carbocycles. The van der Waals surface area contributed by atoms with Gasteiger partial charge in [0.1, 0.15) is 6.04 Å². The number of rotatable bonds is 6. The number of nitrogens with one attached hydrogen (secondary N) is 1. The Labute approximate surface area is 166 Å². The van der Waals surface area contributed by atoms with E-state index in [9.17, 15) is 18.3 Å². The van der Waals surface area contributed by atoms with Crippen LogP contribution in [0.2, 0.25) is 0 Å². The van der Waals surface area contributed by atoms with Crippen molar-refractivity contribution in [2.75, 3.05) is 6.54 Å². The van der Waals surface area contributed by atoms with Crippen molar-refractivity contribution in [3.63, 3.8) is 0 Å². The first-order valence-corrected chi connectivity index (χ1v) is 10.9. The van der Waals surface area contributed by atoms with E-state index in [1.807, 2.05) is 36.9 Å². The number of sulfonamides is 1. The first-order valence-electron chi connectivity index (χ1n) is 9.39. The number of aryl methyl sites for hydroxylation is 2. The van der Waals surface area contributed by atoms with E-state index in [0.717, 1.165) is 24.1 Å². The highest BCUT2D eigenvalue weighted by molar-refractivity contribution is 7.89. The summed E-state index contributed by atoms with van der Waals surface area (Å²) in [5.74, 6) is -0.408. The molecule has 28 heavy (non-hydrogen) atoms. The van der Waals surface area contributed by atoms with Crippen molar-refractivity contribution in [1.82, 2.24) is 14.2 Å². The number of carbonyl (C=O) groups excluding carboxylic acids is 1. The molecule has 152 valence electrons. The van der Waals surface area contributed by atoms with Gasteiger partial charge in [-0.1, -0.05) is 17.7 Å². The maximum absolute atomic E-state index is 13.2. The van der Waals surface area contributed by atoms with E-state index < -0.39 is 28.1 Å². The van der Waals surface area contributed by atoms with Crippen molar-refractivity contribution in [3.8, 4) is 0 Å². The molecule has 2 N–H and O–H groups in total. The predicted molar refractivity (Wildman–Crippen MR) is 106 cm³/mol. The Morgan fingerprint density at radius 3 is 2.50 bits per heavy atom. The molecule has 0 spiro atoms. The zero-order valence-electron chi connectivity index (χ0n) is 16.4. The minimum absolute atomic E-state index is 0.0666. The van der Waals surface area contributed by atoms with Gasteiger partial charge in [-0.15, -0.1) is 0 Å². The SMILES string of the molecule is Cc1ccc(S(=O)(=O)NC(C(=O)N2CCCC2c2cccn2C)C(C)O)cc1. The van der Waals surface area contributed by atoms with Gasteiger partial charge in [-0.3, -0.25) is 4.79 Å². The van der Waals surface area contributed by atoms with Gasteiger partial charge in [0, 0.05) is 25.5 Å². The highest BCUT2D eigenvalue weighted by atomic mass is 32.2. The molecule has 3 unspecified atom stereocenters. The summed E-state index contributed by atoms with van der Waals surface area (Å²) in [6.07, 6.45) is 2.39. The second kappa shape index (κ2) is 8.06. The highest BCUT2D eigenvalue weighted by Crippen LogP contribution is 2.32. The van der Waals surface area contributed by atoms with Gasteiger partial charge in [-0.05, 0) is 51.0 Å². The number of aliphatic hydroxyl groups excluding tert-OH is 1. The van der Waals surface area contributed by atoms with Crippen molar-refractivity contribution in [2.45, 2.75) is 49.8 Å². The normalized spacial score (nSPS) is 19.6. The van der Waals surface area contributed by atoms with Gasteiger partial charge in [0.05, 0.1) is 17.0 Å². The molecule has 1 aliphatic heterocycles. The Bertz CT molecular complexity index is 935. The van der Waals surface area contributed by atoms with E-state index in [1.165, 1.54) is 19.1 Å². The van der Waals surface area contributed by atoms with Crippen LogP contribution in [0, 0.1) is 6.92 Å². The van der Waals surface area contributed by atoms with Crippen molar-refractivity contribution < 1.29 is 18.3 Å². The average Bonchev–Trinajstić information content (AvgIpc) is 3.27. The van der Waals surface area contributed by atoms with Gasteiger partial charge < -0.3 is 14.6 Å². The predicted octanol–water partition coefficient (Wildman–Crippen LogP) is 1.72. The van der Waals surface area contributed by atoms with Crippen molar-refractivity contribution in [1.29, 1.82) is 0 Å². The van der Waals surface area contributed by atoms with E-state index >= 15 is 0 Å². The molecule has 3 atom stereocenters. The number of carbonyl (C=O) groups is 1. The fourth-order valence-electron chi connectivity index (χ4n) is 3.64. The van der Waals surface area contributed by atoms with E-state index in [-0.39, 0.29) is 10.9 Å². The number of amides is 1. The second-order valence-corrected chi connectivity index (χ2v) is 9.10. The first kappa shape index (κ1) is 20.6. The van der Waals surface area contributed by atoms with E-state index in [1.54, 1.807) is 17.0 Å². The third-order valence-electron chi connectivity index (χ3n) is 5.22. The molecule has 0 aliphatic carbocycles. The molecule has 0 radical (unpaired) electrons. The van der Waals surface area contributed by atoms with Crippen LogP contribution in [0.4, 0.5) is 0 Å². The van der Waals surface area contributed by atoms with Crippen LogP contribution in [-0.4, -0.2) is 47.6 Å². The van der Waals surface area contributed by atoms with Crippen LogP contribution in [0.5, 0.6) is 0 Å². The molecule has 1 saturated heterocycles. The number of benzene rings is 1. The zero-order chi connectivity index (χ0) is 20.5. The molecule has 0 saturated carbocycles. The third kappa shape index (κ3) is 4.14. The number of hydrogen-bond acceptors (Lipinski definition) is 4. The molecule has 8 heteroatoms. The molecule has 0 bridgehead atoms. The van der Waals surface area contributed by atoms with Gasteiger partial charge in [0.25, 0.3) is 0 Å². The highest BCUT2D eigenvalue weighted by Gasteiger charge is 2.38. The third-order valence-corrected chi connectivity index (χ3v) is 6.68. The quantitative estimate of drug-likeness (QED) is 0.766. The van der Waals surface area contributed by atoms with Gasteiger partial charge >= 0.3 is 0 Å². The van der Waals surface area contributed by atoms with Crippen LogP contribution in [0.15, 0.2) is 47.5 Å². The summed E-state index contributed by atoms with van der Waals surface area (Å²) in [7, 11) is -2.02. The lowest BCUT2D eigenvalue weighted by molar-refractivity contribution is -0.136. The Balaban J connectivity index is 1.84. The molecular weight excluding hydrogens is 378 g/mol. The van der Waals surface area contributed by atoms with Crippen molar-refractivity contribution >= 4 is 15.9 Å². The molecule has 3 rings (SSSR count). The minimum Gasteiger partial charge on any atom is -0.391 e. The molecule has 2 heterocycles. The van der Waals surface area contributed by atoms with Crippen LogP contribution in [0.25, 0.3) is 0 Å². The largest absolute Gasteiger partial charge is 0.391 e. The molecule has 7 nitrogen and oxygen atoms in total. The Hall–Kier alpha value is -2.16. The summed E-state index contributed by atoms with van der Waals surface area (Å²) in [6.45, 7) is 3.82. The van der Waals surface area contributed by atoms with Gasteiger partial charge in [-0.2, -0.15) is 4.72 Å². The second-order valence-electron chi connectivity index (χ2n) is 7.39. The smallest absolute Gasteiger partial charge is 0.243 e. The van der Waals surface area contributed by atoms with E-state index in [4.69, 9.17) is 0 Å². The van der Waals surface area contributed by atoms with Crippen molar-refractivity contribution in [2.24, 2.45) is 7.05 Å². The molecular formula is C20H27N3O4S. The van der Waals surface area contributed by atoms with Gasteiger partial charge in [0.2, 0.25) is 15.9 Å². The summed E-state index contributed by atoms with van der Waals surface area (Å²) in [5, 5.41) is 10.2. The number of aromatic nitrogens is 1.